The summed E-state index contributed by atoms with van der Waals surface area (Å²) in [5.41, 5.74) is 5.80. The van der Waals surface area contributed by atoms with Gasteiger partial charge in [0.25, 0.3) is 5.91 Å². The van der Waals surface area contributed by atoms with Crippen molar-refractivity contribution < 1.29 is 9.90 Å². The van der Waals surface area contributed by atoms with Gasteiger partial charge in [-0.25, -0.2) is 0 Å². The summed E-state index contributed by atoms with van der Waals surface area (Å²) in [7, 11) is 0. The van der Waals surface area contributed by atoms with Gasteiger partial charge in [-0.1, -0.05) is 42.5 Å². The molecule has 2 aromatic carbocycles. The van der Waals surface area contributed by atoms with Crippen molar-refractivity contribution in [3.8, 4) is 11.3 Å². The van der Waals surface area contributed by atoms with Crippen molar-refractivity contribution in [2.45, 2.75) is 58.2 Å². The van der Waals surface area contributed by atoms with Gasteiger partial charge < -0.3 is 10.4 Å². The summed E-state index contributed by atoms with van der Waals surface area (Å²) >= 11 is 0. The molecule has 0 saturated heterocycles. The molecular weight excluding hydrogens is 374 g/mol. The molecule has 1 aliphatic rings. The molecule has 1 aliphatic carbocycles. The first-order valence-corrected chi connectivity index (χ1v) is 10.7. The summed E-state index contributed by atoms with van der Waals surface area (Å²) in [5.74, 6) is -0.0936. The maximum absolute atomic E-state index is 13.2. The predicted octanol–water partition coefficient (Wildman–Crippen LogP) is 4.25. The van der Waals surface area contributed by atoms with Crippen LogP contribution in [0.4, 0.5) is 0 Å². The minimum absolute atomic E-state index is 0.0936. The number of rotatable bonds is 5. The minimum Gasteiger partial charge on any atom is -0.393 e. The maximum atomic E-state index is 13.2. The molecule has 5 nitrogen and oxygen atoms in total. The smallest absolute Gasteiger partial charge is 0.255 e. The lowest BCUT2D eigenvalue weighted by Crippen LogP contribution is -2.38. The van der Waals surface area contributed by atoms with Gasteiger partial charge in [0.15, 0.2) is 0 Å². The van der Waals surface area contributed by atoms with Gasteiger partial charge in [0.05, 0.1) is 18.2 Å². The van der Waals surface area contributed by atoms with Crippen molar-refractivity contribution in [2.75, 3.05) is 0 Å². The zero-order chi connectivity index (χ0) is 21.1. The zero-order valence-corrected chi connectivity index (χ0v) is 17.6. The number of nitrogens with zero attached hydrogens (tertiary/aromatic N) is 2. The van der Waals surface area contributed by atoms with Crippen LogP contribution in [-0.2, 0) is 6.54 Å². The largest absolute Gasteiger partial charge is 0.393 e. The van der Waals surface area contributed by atoms with Crippen molar-refractivity contribution in [3.05, 3.63) is 77.0 Å². The number of hydrogen-bond donors (Lipinski definition) is 2. The van der Waals surface area contributed by atoms with Crippen molar-refractivity contribution >= 4 is 5.91 Å². The molecule has 0 radical (unpaired) electrons. The van der Waals surface area contributed by atoms with Gasteiger partial charge in [-0.05, 0) is 62.3 Å². The van der Waals surface area contributed by atoms with Crippen molar-refractivity contribution in [1.82, 2.24) is 15.1 Å². The summed E-state index contributed by atoms with van der Waals surface area (Å²) in [6.07, 6.45) is 4.71. The summed E-state index contributed by atoms with van der Waals surface area (Å²) in [4.78, 5) is 13.2. The SMILES string of the molecule is Cc1ccc(-c2nn(Cc3ccccc3)cc2C(=O)NC2CCC(O)CC2)cc1C. The normalized spacial score (nSPS) is 18.9. The molecule has 0 spiro atoms. The quantitative estimate of drug-likeness (QED) is 0.669. The number of aromatic nitrogens is 2. The van der Waals surface area contributed by atoms with E-state index in [0.717, 1.165) is 36.8 Å². The van der Waals surface area contributed by atoms with Crippen LogP contribution in [0.5, 0.6) is 0 Å². The van der Waals surface area contributed by atoms with E-state index in [1.54, 1.807) is 0 Å². The Bertz CT molecular complexity index is 1020. The molecule has 2 N–H and O–H groups in total. The highest BCUT2D eigenvalue weighted by atomic mass is 16.3. The van der Waals surface area contributed by atoms with Crippen molar-refractivity contribution in [1.29, 1.82) is 0 Å². The van der Waals surface area contributed by atoms with E-state index in [9.17, 15) is 9.90 Å². The molecule has 0 atom stereocenters. The number of amides is 1. The van der Waals surface area contributed by atoms with Crippen LogP contribution in [-0.4, -0.2) is 32.9 Å². The van der Waals surface area contributed by atoms with Crippen LogP contribution < -0.4 is 5.32 Å². The van der Waals surface area contributed by atoms with Crippen LogP contribution in [0.2, 0.25) is 0 Å². The molecule has 1 saturated carbocycles. The molecule has 3 aromatic rings. The van der Waals surface area contributed by atoms with E-state index in [1.807, 2.05) is 35.1 Å². The second-order valence-corrected chi connectivity index (χ2v) is 8.35. The molecule has 156 valence electrons. The number of aliphatic hydroxyl groups is 1. The average Bonchev–Trinajstić information content (AvgIpc) is 3.16. The molecule has 5 heteroatoms. The molecule has 1 fully saturated rings. The van der Waals surface area contributed by atoms with Crippen molar-refractivity contribution in [2.24, 2.45) is 0 Å². The Labute approximate surface area is 177 Å². The highest BCUT2D eigenvalue weighted by Crippen LogP contribution is 2.26. The predicted molar refractivity (Wildman–Crippen MR) is 118 cm³/mol. The van der Waals surface area contributed by atoms with E-state index < -0.39 is 0 Å². The number of benzene rings is 2. The minimum atomic E-state index is -0.238. The highest BCUT2D eigenvalue weighted by molar-refractivity contribution is 6.00. The molecule has 4 rings (SSSR count). The molecule has 1 heterocycles. The Morgan fingerprint density at radius 2 is 1.80 bits per heavy atom. The summed E-state index contributed by atoms with van der Waals surface area (Å²) in [5, 5.41) is 17.7. The second kappa shape index (κ2) is 8.84. The Kier molecular flexibility index (Phi) is 6.00. The first-order chi connectivity index (χ1) is 14.5. The van der Waals surface area contributed by atoms with Gasteiger partial charge in [0, 0.05) is 17.8 Å². The lowest BCUT2D eigenvalue weighted by Gasteiger charge is -2.26. The molecule has 0 bridgehead atoms. The van der Waals surface area contributed by atoms with Crippen LogP contribution in [0.15, 0.2) is 54.7 Å². The van der Waals surface area contributed by atoms with E-state index in [2.05, 4.69) is 43.4 Å². The Morgan fingerprint density at radius 3 is 2.50 bits per heavy atom. The van der Waals surface area contributed by atoms with Gasteiger partial charge in [0.1, 0.15) is 5.69 Å². The third-order valence-electron chi connectivity index (χ3n) is 6.01. The van der Waals surface area contributed by atoms with Crippen molar-refractivity contribution in [3.63, 3.8) is 0 Å². The maximum Gasteiger partial charge on any atom is 0.255 e. The van der Waals surface area contributed by atoms with E-state index >= 15 is 0 Å². The number of carbonyl (C=O) groups is 1. The Hall–Kier alpha value is -2.92. The highest BCUT2D eigenvalue weighted by Gasteiger charge is 2.24. The van der Waals surface area contributed by atoms with Gasteiger partial charge in [-0.2, -0.15) is 5.10 Å². The number of aliphatic hydroxyl groups excluding tert-OH is 1. The molecule has 0 unspecified atom stereocenters. The summed E-state index contributed by atoms with van der Waals surface area (Å²) in [6, 6.07) is 16.4. The zero-order valence-electron chi connectivity index (χ0n) is 17.6. The van der Waals surface area contributed by atoms with E-state index in [0.29, 0.717) is 17.8 Å². The Balaban J connectivity index is 1.64. The van der Waals surface area contributed by atoms with Gasteiger partial charge in [-0.3, -0.25) is 9.48 Å². The lowest BCUT2D eigenvalue weighted by molar-refractivity contribution is 0.0868. The molecule has 1 amide bonds. The Morgan fingerprint density at radius 1 is 1.07 bits per heavy atom. The van der Waals surface area contributed by atoms with Gasteiger partial charge >= 0.3 is 0 Å². The fourth-order valence-electron chi connectivity index (χ4n) is 4.02. The number of hydrogen-bond acceptors (Lipinski definition) is 3. The summed E-state index contributed by atoms with van der Waals surface area (Å²) < 4.78 is 1.85. The third kappa shape index (κ3) is 4.62. The van der Waals surface area contributed by atoms with Crippen LogP contribution in [0.3, 0.4) is 0 Å². The standard InChI is InChI=1S/C25H29N3O2/c1-17-8-9-20(14-18(17)2)24-23(25(30)26-21-10-12-22(29)13-11-21)16-28(27-24)15-19-6-4-3-5-7-19/h3-9,14,16,21-22,29H,10-13,15H2,1-2H3,(H,26,30). The second-order valence-electron chi connectivity index (χ2n) is 8.35. The van der Waals surface area contributed by atoms with Crippen LogP contribution in [0.1, 0.15) is 52.7 Å². The molecule has 30 heavy (non-hydrogen) atoms. The molecular formula is C25H29N3O2. The first kappa shape index (κ1) is 20.4. The summed E-state index contributed by atoms with van der Waals surface area (Å²) in [6.45, 7) is 4.77. The number of aryl methyl sites for hydroxylation is 2. The van der Waals surface area contributed by atoms with Crippen LogP contribution >= 0.6 is 0 Å². The topological polar surface area (TPSA) is 67.2 Å². The van der Waals surface area contributed by atoms with Crippen LogP contribution in [0.25, 0.3) is 11.3 Å². The number of nitrogens with one attached hydrogen (secondary N) is 1. The lowest BCUT2D eigenvalue weighted by atomic mass is 9.93. The van der Waals surface area contributed by atoms with Gasteiger partial charge in [0.2, 0.25) is 0 Å². The van der Waals surface area contributed by atoms with Crippen LogP contribution in [0, 0.1) is 13.8 Å². The van der Waals surface area contributed by atoms with E-state index in [4.69, 9.17) is 5.10 Å². The fourth-order valence-corrected chi connectivity index (χ4v) is 4.02. The first-order valence-electron chi connectivity index (χ1n) is 10.7. The molecule has 1 aromatic heterocycles. The van der Waals surface area contributed by atoms with E-state index in [1.165, 1.54) is 11.1 Å². The molecule has 0 aliphatic heterocycles. The number of carbonyl (C=O) groups excluding carboxylic acids is 1. The third-order valence-corrected chi connectivity index (χ3v) is 6.01. The fraction of sp³-hybridized carbons (Fsp3) is 0.360. The van der Waals surface area contributed by atoms with E-state index in [-0.39, 0.29) is 18.1 Å². The monoisotopic (exact) mass is 403 g/mol. The average molecular weight is 404 g/mol. The van der Waals surface area contributed by atoms with Gasteiger partial charge in [-0.15, -0.1) is 0 Å².